The summed E-state index contributed by atoms with van der Waals surface area (Å²) in [6, 6.07) is 70.3. The summed E-state index contributed by atoms with van der Waals surface area (Å²) in [4.78, 5) is 60.7. The highest BCUT2D eigenvalue weighted by Crippen LogP contribution is 2.37. The number of fused-ring (bicyclic) bond motifs is 1. The summed E-state index contributed by atoms with van der Waals surface area (Å²) < 4.78 is 55.2. The lowest BCUT2D eigenvalue weighted by molar-refractivity contribution is 0.103. The first kappa shape index (κ1) is 88.3. The van der Waals surface area contributed by atoms with E-state index in [1.807, 2.05) is 162 Å². The van der Waals surface area contributed by atoms with Crippen molar-refractivity contribution in [2.24, 2.45) is 0 Å². The Morgan fingerprint density at radius 2 is 0.677 bits per heavy atom. The number of aliphatic hydroxyl groups is 2. The summed E-state index contributed by atoms with van der Waals surface area (Å²) in [6.45, 7) is 9.68. The van der Waals surface area contributed by atoms with Crippen LogP contribution in [-0.4, -0.2) is 104 Å². The number of hydrogen-bond donors (Lipinski definition) is 7. The van der Waals surface area contributed by atoms with Crippen LogP contribution in [-0.2, 0) is 13.2 Å². The summed E-state index contributed by atoms with van der Waals surface area (Å²) in [5.74, 6) is -0.559. The zero-order valence-corrected chi connectivity index (χ0v) is 69.3. The van der Waals surface area contributed by atoms with E-state index in [0.29, 0.717) is 100 Å². The molecule has 5 aromatic heterocycles. The standard InChI is InChI=1S/C22H22N2O4.C20H16N2O3.C19H14Cl2N2O.C19H14F2N2O.C19H15FN2O/c1-14-3-5-15(6-4-14)21(27)8-7-18-11-20(24-23-18)16-9-17(12-25)19(13-26)22(10-16)28-2;1-13-2-4-14(5-3-13)18(23)8-7-16-11-17(22-21-16)15-6-9-19-20(10-15)25-12-24-19;2*1-12-2-4-13(5-3-12)19(24)9-7-15-11-18(23-22-15)14-6-8-16(20)17(21)10-14;1-13-2-4-15(5-3-13)19(23)11-10-17-12-18(22-21-17)14-6-8-16(20)9-7-14/h3-11,25-26H,12-13H2,1-2H3,(H,23,24);2-11H,12H2,1H3,(H,21,22);2*2-11H,1H3,(H,22,23);2-12H,1H3,(H,21,22)/b2*8-7+;2*9-7+;11-10+. The van der Waals surface area contributed by atoms with Gasteiger partial charge in [-0.15, -0.1) is 0 Å². The molecular weight excluding hydrogens is 1620 g/mol. The molecule has 124 heavy (non-hydrogen) atoms. The molecule has 20 nitrogen and oxygen atoms in total. The van der Waals surface area contributed by atoms with E-state index in [-0.39, 0.29) is 54.7 Å². The molecule has 16 rings (SSSR count). The SMILES string of the molecule is COc1cc(-c2cc(/C=C/C(=O)c3ccc(C)cc3)[nH]n2)cc(CO)c1CO.Cc1ccc(C(=O)/C=C/c2cc(-c3ccc(Cl)c(Cl)c3)n[nH]2)cc1.Cc1ccc(C(=O)/C=C/c2cc(-c3ccc(F)c(F)c3)n[nH]2)cc1.Cc1ccc(C(=O)/C=C/c2cc(-c3ccc(F)cc3)n[nH]2)cc1.Cc1ccc(C(=O)/C=C/c2cc(-c3ccc4c(c3)OCO4)n[nH]2)cc1. The second kappa shape index (κ2) is 42.3. The lowest BCUT2D eigenvalue weighted by Gasteiger charge is -2.12. The Bertz CT molecular complexity index is 6270. The number of hydrogen-bond acceptors (Lipinski definition) is 15. The summed E-state index contributed by atoms with van der Waals surface area (Å²) >= 11 is 11.9. The number of aryl methyl sites for hydroxylation is 5. The zero-order chi connectivity index (χ0) is 87.8. The van der Waals surface area contributed by atoms with E-state index in [0.717, 1.165) is 90.7 Å². The zero-order valence-electron chi connectivity index (χ0n) is 67.8. The van der Waals surface area contributed by atoms with Gasteiger partial charge in [0, 0.05) is 61.2 Å². The number of aliphatic hydroxyl groups excluding tert-OH is 2. The molecule has 0 bridgehead atoms. The van der Waals surface area contributed by atoms with E-state index in [9.17, 15) is 47.4 Å². The number of nitrogens with zero attached hydrogens (tertiary/aromatic N) is 5. The normalized spacial score (nSPS) is 11.4. The molecule has 0 fully saturated rings. The molecule has 0 radical (unpaired) electrons. The highest BCUT2D eigenvalue weighted by atomic mass is 35.5. The van der Waals surface area contributed by atoms with Crippen molar-refractivity contribution in [3.8, 4) is 73.5 Å². The molecule has 0 amide bonds. The van der Waals surface area contributed by atoms with Crippen molar-refractivity contribution in [2.45, 2.75) is 47.8 Å². The van der Waals surface area contributed by atoms with Gasteiger partial charge in [-0.05, 0) is 216 Å². The molecule has 0 spiro atoms. The number of H-pyrrole nitrogens is 5. The predicted octanol–water partition coefficient (Wildman–Crippen LogP) is 21.9. The van der Waals surface area contributed by atoms with Crippen LogP contribution >= 0.6 is 23.2 Å². The first-order chi connectivity index (χ1) is 59.9. The van der Waals surface area contributed by atoms with Gasteiger partial charge >= 0.3 is 0 Å². The minimum absolute atomic E-state index is 0.0424. The van der Waals surface area contributed by atoms with Crippen LogP contribution in [0.3, 0.4) is 0 Å². The molecule has 0 aliphatic carbocycles. The number of ether oxygens (including phenoxy) is 3. The number of carbonyl (C=O) groups excluding carboxylic acids is 5. The fourth-order valence-corrected chi connectivity index (χ4v) is 12.4. The molecule has 1 aliphatic rings. The number of benzene rings is 10. The van der Waals surface area contributed by atoms with Crippen LogP contribution in [0.2, 0.25) is 10.0 Å². The monoisotopic (exact) mass is 1700 g/mol. The summed E-state index contributed by atoms with van der Waals surface area (Å²) in [6.07, 6.45) is 15.9. The van der Waals surface area contributed by atoms with Crippen molar-refractivity contribution in [1.29, 1.82) is 0 Å². The number of methoxy groups -OCH3 is 1. The lowest BCUT2D eigenvalue weighted by atomic mass is 10.0. The van der Waals surface area contributed by atoms with Crippen molar-refractivity contribution in [3.63, 3.8) is 0 Å². The number of nitrogens with one attached hydrogen (secondary N) is 5. The average molecular weight is 1700 g/mol. The first-order valence-corrected chi connectivity index (χ1v) is 39.4. The quantitative estimate of drug-likeness (QED) is 0.0231. The molecule has 7 N–H and O–H groups in total. The fraction of sp³-hybridized carbons (Fsp3) is 0.0909. The van der Waals surface area contributed by atoms with Gasteiger partial charge in [0.1, 0.15) is 11.6 Å². The van der Waals surface area contributed by atoms with Gasteiger partial charge in [-0.2, -0.15) is 25.5 Å². The Morgan fingerprint density at radius 3 is 1.02 bits per heavy atom. The van der Waals surface area contributed by atoms with E-state index < -0.39 is 11.6 Å². The number of rotatable bonds is 23. The van der Waals surface area contributed by atoms with Gasteiger partial charge in [0.2, 0.25) is 6.79 Å². The minimum Gasteiger partial charge on any atom is -0.496 e. The summed E-state index contributed by atoms with van der Waals surface area (Å²) in [5, 5.41) is 55.4. The second-order valence-electron chi connectivity index (χ2n) is 28.3. The number of carbonyl (C=O) groups is 5. The molecule has 1 aliphatic heterocycles. The first-order valence-electron chi connectivity index (χ1n) is 38.6. The highest BCUT2D eigenvalue weighted by molar-refractivity contribution is 6.42. The van der Waals surface area contributed by atoms with Crippen molar-refractivity contribution in [1.82, 2.24) is 51.0 Å². The van der Waals surface area contributed by atoms with Crippen LogP contribution in [0.25, 0.3) is 86.7 Å². The lowest BCUT2D eigenvalue weighted by Crippen LogP contribution is -1.99. The number of aromatic nitrogens is 10. The highest BCUT2D eigenvalue weighted by Gasteiger charge is 2.18. The van der Waals surface area contributed by atoms with Crippen molar-refractivity contribution >= 4 is 82.5 Å². The predicted molar refractivity (Wildman–Crippen MR) is 477 cm³/mol. The Kier molecular flexibility index (Phi) is 30.1. The van der Waals surface area contributed by atoms with Crippen molar-refractivity contribution in [2.75, 3.05) is 13.9 Å². The molecule has 15 aromatic rings. The summed E-state index contributed by atoms with van der Waals surface area (Å²) in [5.41, 5.74) is 20.4. The van der Waals surface area contributed by atoms with E-state index in [1.165, 1.54) is 49.6 Å². The van der Waals surface area contributed by atoms with Crippen LogP contribution in [0.15, 0.2) is 273 Å². The number of aromatic amines is 5. The third-order valence-corrected chi connectivity index (χ3v) is 19.9. The smallest absolute Gasteiger partial charge is 0.231 e. The Hall–Kier alpha value is -15.0. The molecule has 6 heterocycles. The van der Waals surface area contributed by atoms with Crippen LogP contribution in [0.5, 0.6) is 17.2 Å². The molecule has 0 saturated carbocycles. The van der Waals surface area contributed by atoms with Crippen molar-refractivity contribution in [3.05, 3.63) is 396 Å². The maximum absolute atomic E-state index is 13.3. The molecule has 0 saturated heterocycles. The molecule has 10 aromatic carbocycles. The largest absolute Gasteiger partial charge is 0.496 e. The Morgan fingerprint density at radius 1 is 0.355 bits per heavy atom. The summed E-state index contributed by atoms with van der Waals surface area (Å²) in [7, 11) is 1.51. The fourth-order valence-electron chi connectivity index (χ4n) is 12.1. The third-order valence-electron chi connectivity index (χ3n) is 19.1. The maximum atomic E-state index is 13.3. The van der Waals surface area contributed by atoms with E-state index in [4.69, 9.17) is 37.4 Å². The number of ketones is 5. The Labute approximate surface area is 721 Å². The van der Waals surface area contributed by atoms with E-state index >= 15 is 0 Å². The number of allylic oxidation sites excluding steroid dienone is 5. The van der Waals surface area contributed by atoms with Gasteiger partial charge in [-0.3, -0.25) is 49.5 Å². The number of halogens is 5. The average Bonchev–Trinajstić information content (AvgIpc) is 1.45. The van der Waals surface area contributed by atoms with Gasteiger partial charge in [0.25, 0.3) is 0 Å². The van der Waals surface area contributed by atoms with Gasteiger partial charge in [0.15, 0.2) is 52.0 Å². The van der Waals surface area contributed by atoms with Crippen LogP contribution < -0.4 is 14.2 Å². The van der Waals surface area contributed by atoms with Gasteiger partial charge in [-0.25, -0.2) is 13.2 Å². The van der Waals surface area contributed by atoms with E-state index in [1.54, 1.807) is 121 Å². The molecule has 622 valence electrons. The van der Waals surface area contributed by atoms with Crippen LogP contribution in [0.1, 0.15) is 119 Å². The Balaban J connectivity index is 0.000000142. The van der Waals surface area contributed by atoms with Gasteiger partial charge in [-0.1, -0.05) is 178 Å². The molecule has 0 atom stereocenters. The third kappa shape index (κ3) is 24.4. The van der Waals surface area contributed by atoms with Crippen molar-refractivity contribution < 1.29 is 61.6 Å². The molecular formula is C99H81Cl2F3N10O10. The molecule has 0 unspecified atom stereocenters. The van der Waals surface area contributed by atoms with E-state index in [2.05, 4.69) is 51.0 Å². The maximum Gasteiger partial charge on any atom is 0.231 e. The minimum atomic E-state index is -0.929. The topological polar surface area (TPSA) is 297 Å². The molecule has 25 heteroatoms. The van der Waals surface area contributed by atoms with Gasteiger partial charge < -0.3 is 24.4 Å². The van der Waals surface area contributed by atoms with Crippen LogP contribution in [0, 0.1) is 52.1 Å². The second-order valence-corrected chi connectivity index (χ2v) is 29.1. The van der Waals surface area contributed by atoms with Gasteiger partial charge in [0.05, 0.1) is 87.3 Å². The van der Waals surface area contributed by atoms with Crippen LogP contribution in [0.4, 0.5) is 13.2 Å².